The summed E-state index contributed by atoms with van der Waals surface area (Å²) < 4.78 is 4.77. The standard InChI is InChI=1S/C68H54N4/c1-40-12-20-54(44(5)28-40)50-16-24-58-59-25-17-51(55-21-13-41(2)29-45(55)6)34-64(59)71(63(58)33-50)67-39-70-68(37-62(67)49-11-9-10-48(32-49)38-69)72-65-35-52(56-22-14-42(3)30-46(56)7)18-26-60(65)61-27-19-53(36-66(61)72)57-23-15-43(4)31-47(57)8/h9-37,39H,1-8H3. The number of aromatic nitrogens is 3. The molecule has 0 fully saturated rings. The number of fused-ring (bicyclic) bond motifs is 6. The molecule has 0 radical (unpaired) electrons. The van der Waals surface area contributed by atoms with Crippen molar-refractivity contribution in [3.8, 4) is 73.2 Å². The zero-order valence-corrected chi connectivity index (χ0v) is 42.1. The smallest absolute Gasteiger partial charge is 0.138 e. The van der Waals surface area contributed by atoms with Gasteiger partial charge in [0.05, 0.1) is 45.6 Å². The van der Waals surface area contributed by atoms with Crippen molar-refractivity contribution >= 4 is 43.6 Å². The molecular weight excluding hydrogens is 873 g/mol. The van der Waals surface area contributed by atoms with E-state index in [2.05, 4.69) is 235 Å². The van der Waals surface area contributed by atoms with Crippen LogP contribution in [0.4, 0.5) is 0 Å². The van der Waals surface area contributed by atoms with Crippen LogP contribution in [0.3, 0.4) is 0 Å². The fourth-order valence-electron chi connectivity index (χ4n) is 11.5. The van der Waals surface area contributed by atoms with Crippen molar-refractivity contribution in [2.24, 2.45) is 0 Å². The lowest BCUT2D eigenvalue weighted by molar-refractivity contribution is 1.06. The number of nitrogens with zero attached hydrogens (tertiary/aromatic N) is 4. The molecule has 4 heteroatoms. The van der Waals surface area contributed by atoms with E-state index in [1.165, 1.54) is 66.8 Å². The predicted octanol–water partition coefficient (Wildman–Crippen LogP) is 17.9. The summed E-state index contributed by atoms with van der Waals surface area (Å²) in [4.78, 5) is 5.57. The molecule has 3 heterocycles. The summed E-state index contributed by atoms with van der Waals surface area (Å²) in [5.41, 5.74) is 27.1. The highest BCUT2D eigenvalue weighted by Gasteiger charge is 2.23. The normalized spacial score (nSPS) is 11.6. The van der Waals surface area contributed by atoms with Crippen molar-refractivity contribution in [2.75, 3.05) is 0 Å². The minimum absolute atomic E-state index is 0.599. The van der Waals surface area contributed by atoms with Crippen molar-refractivity contribution < 1.29 is 0 Å². The van der Waals surface area contributed by atoms with Crippen LogP contribution < -0.4 is 0 Å². The Morgan fingerprint density at radius 2 is 0.708 bits per heavy atom. The van der Waals surface area contributed by atoms with Gasteiger partial charge >= 0.3 is 0 Å². The summed E-state index contributed by atoms with van der Waals surface area (Å²) in [5.74, 6) is 0.791. The lowest BCUT2D eigenvalue weighted by Crippen LogP contribution is -2.04. The van der Waals surface area contributed by atoms with E-state index in [1.54, 1.807) is 0 Å². The molecule has 0 atom stereocenters. The van der Waals surface area contributed by atoms with Crippen LogP contribution in [0.15, 0.2) is 182 Å². The Kier molecular flexibility index (Phi) is 10.7. The minimum atomic E-state index is 0.599. The lowest BCUT2D eigenvalue weighted by Gasteiger charge is -2.18. The Morgan fingerprint density at radius 3 is 1.07 bits per heavy atom. The van der Waals surface area contributed by atoms with E-state index in [-0.39, 0.29) is 0 Å². The van der Waals surface area contributed by atoms with E-state index in [1.807, 2.05) is 18.2 Å². The van der Waals surface area contributed by atoms with Crippen molar-refractivity contribution in [1.29, 1.82) is 5.26 Å². The van der Waals surface area contributed by atoms with Crippen LogP contribution in [-0.2, 0) is 0 Å². The summed E-state index contributed by atoms with van der Waals surface area (Å²) in [7, 11) is 0. The molecule has 0 saturated carbocycles. The lowest BCUT2D eigenvalue weighted by atomic mass is 9.96. The molecule has 0 aliphatic carbocycles. The van der Waals surface area contributed by atoms with Crippen LogP contribution in [0, 0.1) is 66.7 Å². The monoisotopic (exact) mass is 926 g/mol. The van der Waals surface area contributed by atoms with Crippen LogP contribution in [-0.4, -0.2) is 14.1 Å². The Hall–Kier alpha value is -8.78. The highest BCUT2D eigenvalue weighted by atomic mass is 15.1. The average Bonchev–Trinajstić information content (AvgIpc) is 3.87. The van der Waals surface area contributed by atoms with Gasteiger partial charge in [0.25, 0.3) is 0 Å². The Balaban J connectivity index is 1.17. The topological polar surface area (TPSA) is 46.5 Å². The second kappa shape index (κ2) is 17.3. The zero-order valence-electron chi connectivity index (χ0n) is 42.1. The predicted molar refractivity (Wildman–Crippen MR) is 303 cm³/mol. The van der Waals surface area contributed by atoms with E-state index in [0.29, 0.717) is 5.56 Å². The number of hydrogen-bond acceptors (Lipinski definition) is 2. The van der Waals surface area contributed by atoms with E-state index >= 15 is 0 Å². The molecule has 0 saturated heterocycles. The molecule has 0 aliphatic rings. The second-order valence-electron chi connectivity index (χ2n) is 20.1. The third-order valence-corrected chi connectivity index (χ3v) is 14.9. The fraction of sp³-hybridized carbons (Fsp3) is 0.118. The first kappa shape index (κ1) is 44.4. The first-order valence-corrected chi connectivity index (χ1v) is 24.9. The van der Waals surface area contributed by atoms with Crippen LogP contribution in [0.2, 0.25) is 0 Å². The maximum absolute atomic E-state index is 10.4. The first-order valence-electron chi connectivity index (χ1n) is 24.9. The number of rotatable bonds is 7. The second-order valence-corrected chi connectivity index (χ2v) is 20.1. The zero-order chi connectivity index (χ0) is 49.5. The van der Waals surface area contributed by atoms with Gasteiger partial charge in [0, 0.05) is 27.1 Å². The fourth-order valence-corrected chi connectivity index (χ4v) is 11.5. The van der Waals surface area contributed by atoms with E-state index in [9.17, 15) is 5.26 Å². The molecular formula is C68H54N4. The molecule has 0 aliphatic heterocycles. The summed E-state index contributed by atoms with van der Waals surface area (Å²) in [6, 6.07) is 67.1. The third kappa shape index (κ3) is 7.49. The van der Waals surface area contributed by atoms with Gasteiger partial charge in [-0.1, -0.05) is 156 Å². The number of benzene rings is 9. The Morgan fingerprint density at radius 1 is 0.347 bits per heavy atom. The first-order chi connectivity index (χ1) is 34.9. The molecule has 346 valence electrons. The molecule has 4 nitrogen and oxygen atoms in total. The largest absolute Gasteiger partial charge is 0.307 e. The summed E-state index contributed by atoms with van der Waals surface area (Å²) in [6.45, 7) is 17.4. The van der Waals surface area contributed by atoms with Crippen molar-refractivity contribution in [3.63, 3.8) is 0 Å². The molecule has 0 bridgehead atoms. The molecule has 9 aromatic carbocycles. The summed E-state index contributed by atoms with van der Waals surface area (Å²) in [6.07, 6.45) is 2.07. The van der Waals surface area contributed by atoms with Crippen LogP contribution in [0.25, 0.3) is 111 Å². The number of aryl methyl sites for hydroxylation is 8. The van der Waals surface area contributed by atoms with Gasteiger partial charge in [-0.15, -0.1) is 0 Å². The van der Waals surface area contributed by atoms with E-state index < -0.39 is 0 Å². The SMILES string of the molecule is Cc1ccc(-c2ccc3c4ccc(-c5ccc(C)cc5C)cc4n(-c4cc(-c5cccc(C#N)c5)c(-n5c6cc(-c7ccc(C)cc7C)ccc6c6ccc(-c7ccc(C)cc7C)cc65)cn4)c3c2)c(C)c1. The van der Waals surface area contributed by atoms with Gasteiger partial charge in [-0.2, -0.15) is 5.26 Å². The highest BCUT2D eigenvalue weighted by molar-refractivity contribution is 6.13. The van der Waals surface area contributed by atoms with Crippen LogP contribution in [0.5, 0.6) is 0 Å². The maximum atomic E-state index is 10.4. The molecule has 0 amide bonds. The minimum Gasteiger partial charge on any atom is -0.307 e. The summed E-state index contributed by atoms with van der Waals surface area (Å²) in [5, 5.41) is 15.0. The number of hydrogen-bond donors (Lipinski definition) is 0. The highest BCUT2D eigenvalue weighted by Crippen LogP contribution is 2.43. The van der Waals surface area contributed by atoms with Gasteiger partial charge in [0.2, 0.25) is 0 Å². The third-order valence-electron chi connectivity index (χ3n) is 14.9. The van der Waals surface area contributed by atoms with Crippen LogP contribution in [0.1, 0.15) is 50.1 Å². The van der Waals surface area contributed by atoms with Gasteiger partial charge in [-0.25, -0.2) is 4.98 Å². The maximum Gasteiger partial charge on any atom is 0.138 e. The number of pyridine rings is 1. The summed E-state index contributed by atoms with van der Waals surface area (Å²) >= 11 is 0. The molecule has 12 rings (SSSR count). The molecule has 12 aromatic rings. The van der Waals surface area contributed by atoms with E-state index in [4.69, 9.17) is 4.98 Å². The quantitative estimate of drug-likeness (QED) is 0.160. The Bertz CT molecular complexity index is 4050. The van der Waals surface area contributed by atoms with Gasteiger partial charge in [0.1, 0.15) is 5.82 Å². The van der Waals surface area contributed by atoms with E-state index in [0.717, 1.165) is 88.5 Å². The van der Waals surface area contributed by atoms with Gasteiger partial charge in [0.15, 0.2) is 0 Å². The average molecular weight is 927 g/mol. The molecule has 0 unspecified atom stereocenters. The van der Waals surface area contributed by atoms with Crippen molar-refractivity contribution in [1.82, 2.24) is 14.1 Å². The van der Waals surface area contributed by atoms with Crippen molar-refractivity contribution in [3.05, 3.63) is 232 Å². The molecule has 0 N–H and O–H groups in total. The molecule has 72 heavy (non-hydrogen) atoms. The van der Waals surface area contributed by atoms with Gasteiger partial charge < -0.3 is 4.57 Å². The number of nitriles is 1. The molecule has 3 aromatic heterocycles. The van der Waals surface area contributed by atoms with Crippen molar-refractivity contribution in [2.45, 2.75) is 55.4 Å². The molecule has 0 spiro atoms. The van der Waals surface area contributed by atoms with Crippen LogP contribution >= 0.6 is 0 Å². The van der Waals surface area contributed by atoms with Gasteiger partial charge in [-0.3, -0.25) is 4.57 Å². The Labute approximate surface area is 421 Å². The van der Waals surface area contributed by atoms with Gasteiger partial charge in [-0.05, 0) is 170 Å².